The molecule has 0 bridgehead atoms. The molecule has 24 heavy (non-hydrogen) atoms. The quantitative estimate of drug-likeness (QED) is 0.489. The SMILES string of the molecule is CC.Clc1ccc(Br)cc1Cc1ccc(C2CC3(CCC3)C2)cc1. The average molecular weight is 406 g/mol. The third kappa shape index (κ3) is 3.73. The van der Waals surface area contributed by atoms with E-state index in [0.717, 1.165) is 27.2 Å². The third-order valence-corrected chi connectivity index (χ3v) is 6.49. The van der Waals surface area contributed by atoms with Crippen LogP contribution in [0.25, 0.3) is 0 Å². The van der Waals surface area contributed by atoms with Crippen molar-refractivity contribution in [3.05, 3.63) is 68.7 Å². The normalized spacial score (nSPS) is 18.3. The fourth-order valence-electron chi connectivity index (χ4n) is 4.11. The van der Waals surface area contributed by atoms with Crippen LogP contribution >= 0.6 is 27.5 Å². The van der Waals surface area contributed by atoms with Crippen molar-refractivity contribution in [2.24, 2.45) is 5.41 Å². The predicted molar refractivity (Wildman–Crippen MR) is 108 cm³/mol. The molecule has 2 heteroatoms. The van der Waals surface area contributed by atoms with Gasteiger partial charge in [0.1, 0.15) is 0 Å². The first-order valence-electron chi connectivity index (χ1n) is 9.16. The molecule has 128 valence electrons. The van der Waals surface area contributed by atoms with E-state index in [0.29, 0.717) is 0 Å². The number of hydrogen-bond donors (Lipinski definition) is 0. The van der Waals surface area contributed by atoms with Crippen molar-refractivity contribution in [3.8, 4) is 0 Å². The minimum absolute atomic E-state index is 0.757. The van der Waals surface area contributed by atoms with Crippen LogP contribution in [0.2, 0.25) is 5.02 Å². The molecular weight excluding hydrogens is 380 g/mol. The zero-order valence-electron chi connectivity index (χ0n) is 14.6. The van der Waals surface area contributed by atoms with Crippen molar-refractivity contribution in [2.75, 3.05) is 0 Å². The Morgan fingerprint density at radius 2 is 1.71 bits per heavy atom. The van der Waals surface area contributed by atoms with Crippen molar-refractivity contribution in [2.45, 2.75) is 58.3 Å². The molecule has 2 saturated carbocycles. The van der Waals surface area contributed by atoms with E-state index in [2.05, 4.69) is 46.3 Å². The first kappa shape index (κ1) is 18.0. The maximum Gasteiger partial charge on any atom is 0.0442 e. The second kappa shape index (κ2) is 7.62. The molecule has 0 saturated heterocycles. The lowest BCUT2D eigenvalue weighted by Crippen LogP contribution is -2.41. The van der Waals surface area contributed by atoms with E-state index >= 15 is 0 Å². The zero-order valence-corrected chi connectivity index (χ0v) is 17.0. The fraction of sp³-hybridized carbons (Fsp3) is 0.455. The lowest BCUT2D eigenvalue weighted by Gasteiger charge is -2.54. The van der Waals surface area contributed by atoms with Crippen molar-refractivity contribution in [3.63, 3.8) is 0 Å². The summed E-state index contributed by atoms with van der Waals surface area (Å²) in [7, 11) is 0. The Morgan fingerprint density at radius 1 is 1.04 bits per heavy atom. The molecule has 0 radical (unpaired) electrons. The third-order valence-electron chi connectivity index (χ3n) is 5.63. The number of rotatable bonds is 3. The minimum atomic E-state index is 0.757. The summed E-state index contributed by atoms with van der Waals surface area (Å²) in [6.07, 6.45) is 8.14. The average Bonchev–Trinajstić information content (AvgIpc) is 2.52. The van der Waals surface area contributed by atoms with Crippen LogP contribution in [-0.4, -0.2) is 0 Å². The van der Waals surface area contributed by atoms with Crippen molar-refractivity contribution in [1.82, 2.24) is 0 Å². The van der Waals surface area contributed by atoms with Gasteiger partial charge in [-0.05, 0) is 78.3 Å². The summed E-state index contributed by atoms with van der Waals surface area (Å²) in [5.74, 6) is 0.809. The van der Waals surface area contributed by atoms with Gasteiger partial charge in [-0.1, -0.05) is 72.1 Å². The maximum atomic E-state index is 6.29. The highest BCUT2D eigenvalue weighted by Crippen LogP contribution is 2.61. The number of halogens is 2. The molecule has 4 rings (SSSR count). The summed E-state index contributed by atoms with van der Waals surface area (Å²) in [6, 6.07) is 15.3. The van der Waals surface area contributed by atoms with Crippen LogP contribution in [0.15, 0.2) is 46.9 Å². The van der Waals surface area contributed by atoms with Crippen LogP contribution in [0.5, 0.6) is 0 Å². The van der Waals surface area contributed by atoms with E-state index in [-0.39, 0.29) is 0 Å². The Kier molecular flexibility index (Phi) is 5.72. The zero-order chi connectivity index (χ0) is 17.2. The Bertz CT molecular complexity index is 678. The topological polar surface area (TPSA) is 0 Å². The molecule has 0 nitrogen and oxygen atoms in total. The molecule has 0 N–H and O–H groups in total. The van der Waals surface area contributed by atoms with Gasteiger partial charge in [0.2, 0.25) is 0 Å². The molecule has 0 amide bonds. The molecule has 2 aliphatic carbocycles. The molecule has 0 unspecified atom stereocenters. The molecule has 1 spiro atoms. The largest absolute Gasteiger partial charge is 0.0840 e. The molecule has 0 heterocycles. The summed E-state index contributed by atoms with van der Waals surface area (Å²) >= 11 is 9.81. The van der Waals surface area contributed by atoms with E-state index in [1.807, 2.05) is 26.0 Å². The van der Waals surface area contributed by atoms with Gasteiger partial charge >= 0.3 is 0 Å². The van der Waals surface area contributed by atoms with Crippen molar-refractivity contribution >= 4 is 27.5 Å². The van der Waals surface area contributed by atoms with Gasteiger partial charge in [0.25, 0.3) is 0 Å². The fourth-order valence-corrected chi connectivity index (χ4v) is 4.71. The Labute approximate surface area is 159 Å². The second-order valence-electron chi connectivity index (χ2n) is 7.11. The first-order valence-corrected chi connectivity index (χ1v) is 10.3. The first-order chi connectivity index (χ1) is 11.6. The standard InChI is InChI=1S/C20H20BrCl.C2H6/c21-18-6-7-19(22)16(11-18)10-14-2-4-15(5-3-14)17-12-20(13-17)8-1-9-20;1-2/h2-7,11,17H,1,8-10,12-13H2;1-2H3. The van der Waals surface area contributed by atoms with Crippen molar-refractivity contribution < 1.29 is 0 Å². The molecule has 2 aromatic rings. The van der Waals surface area contributed by atoms with E-state index in [1.165, 1.54) is 48.8 Å². The van der Waals surface area contributed by atoms with Gasteiger partial charge in [-0.15, -0.1) is 0 Å². The summed E-state index contributed by atoms with van der Waals surface area (Å²) in [6.45, 7) is 4.00. The lowest BCUT2D eigenvalue weighted by atomic mass is 9.51. The smallest absolute Gasteiger partial charge is 0.0442 e. The summed E-state index contributed by atoms with van der Waals surface area (Å²) in [5, 5.41) is 0.846. The second-order valence-corrected chi connectivity index (χ2v) is 8.44. The number of benzene rings is 2. The number of hydrogen-bond acceptors (Lipinski definition) is 0. The summed E-state index contributed by atoms with van der Waals surface area (Å²) in [5.41, 5.74) is 4.80. The van der Waals surface area contributed by atoms with Crippen LogP contribution in [0.4, 0.5) is 0 Å². The van der Waals surface area contributed by atoms with Crippen LogP contribution in [0.3, 0.4) is 0 Å². The van der Waals surface area contributed by atoms with Gasteiger partial charge in [-0.3, -0.25) is 0 Å². The summed E-state index contributed by atoms with van der Waals surface area (Å²) < 4.78 is 1.09. The van der Waals surface area contributed by atoms with Gasteiger partial charge in [0.05, 0.1) is 0 Å². The van der Waals surface area contributed by atoms with Gasteiger partial charge in [-0.2, -0.15) is 0 Å². The Morgan fingerprint density at radius 3 is 2.29 bits per heavy atom. The van der Waals surface area contributed by atoms with E-state index in [1.54, 1.807) is 0 Å². The van der Waals surface area contributed by atoms with Crippen molar-refractivity contribution in [1.29, 1.82) is 0 Å². The molecule has 2 aromatic carbocycles. The van der Waals surface area contributed by atoms with Crippen LogP contribution in [0, 0.1) is 5.41 Å². The van der Waals surface area contributed by atoms with Gasteiger partial charge < -0.3 is 0 Å². The highest BCUT2D eigenvalue weighted by molar-refractivity contribution is 9.10. The molecule has 0 atom stereocenters. The summed E-state index contributed by atoms with van der Waals surface area (Å²) in [4.78, 5) is 0. The minimum Gasteiger partial charge on any atom is -0.0840 e. The lowest BCUT2D eigenvalue weighted by molar-refractivity contribution is 0.00900. The highest BCUT2D eigenvalue weighted by atomic mass is 79.9. The van der Waals surface area contributed by atoms with E-state index in [9.17, 15) is 0 Å². The van der Waals surface area contributed by atoms with Gasteiger partial charge in [-0.25, -0.2) is 0 Å². The Balaban J connectivity index is 0.000000815. The van der Waals surface area contributed by atoms with Gasteiger partial charge in [0, 0.05) is 9.50 Å². The van der Waals surface area contributed by atoms with E-state index < -0.39 is 0 Å². The molecule has 2 fully saturated rings. The Hall–Kier alpha value is -0.790. The van der Waals surface area contributed by atoms with Crippen LogP contribution < -0.4 is 0 Å². The van der Waals surface area contributed by atoms with E-state index in [4.69, 9.17) is 11.6 Å². The molecule has 2 aliphatic rings. The molecule has 0 aromatic heterocycles. The van der Waals surface area contributed by atoms with Crippen LogP contribution in [0.1, 0.15) is 68.6 Å². The molecular formula is C22H26BrCl. The van der Waals surface area contributed by atoms with Gasteiger partial charge in [0.15, 0.2) is 0 Å². The monoisotopic (exact) mass is 404 g/mol. The highest BCUT2D eigenvalue weighted by Gasteiger charge is 2.48. The predicted octanol–water partition coefficient (Wildman–Crippen LogP) is 7.77. The maximum absolute atomic E-state index is 6.29. The molecule has 0 aliphatic heterocycles. The van der Waals surface area contributed by atoms with Crippen LogP contribution in [-0.2, 0) is 6.42 Å².